The van der Waals surface area contributed by atoms with E-state index in [1.54, 1.807) is 43.3 Å². The van der Waals surface area contributed by atoms with Crippen LogP contribution in [0, 0.1) is 6.92 Å². The van der Waals surface area contributed by atoms with Crippen LogP contribution in [0.25, 0.3) is 0 Å². The summed E-state index contributed by atoms with van der Waals surface area (Å²) in [6, 6.07) is 9.92. The normalized spacial score (nSPS) is 11.4. The van der Waals surface area contributed by atoms with E-state index in [0.29, 0.717) is 22.8 Å². The van der Waals surface area contributed by atoms with Crippen molar-refractivity contribution >= 4 is 11.7 Å². The lowest BCUT2D eigenvalue weighted by Gasteiger charge is -2.18. The highest BCUT2D eigenvalue weighted by Gasteiger charge is 2.21. The Morgan fingerprint density at radius 2 is 1.46 bits per heavy atom. The fraction of sp³-hybridized carbons (Fsp3) is 0.300. The molecule has 26 heavy (non-hydrogen) atoms. The van der Waals surface area contributed by atoms with Gasteiger partial charge in [0.1, 0.15) is 0 Å². The Bertz CT molecular complexity index is 773. The highest BCUT2D eigenvalue weighted by molar-refractivity contribution is 6.42. The number of ketones is 1. The van der Waals surface area contributed by atoms with Gasteiger partial charge in [0.05, 0.1) is 27.4 Å². The molecule has 2 aromatic carbocycles. The second-order valence-corrected chi connectivity index (χ2v) is 5.85. The summed E-state index contributed by atoms with van der Waals surface area (Å²) in [5, 5.41) is 2.71. The second kappa shape index (κ2) is 8.38. The number of amides is 1. The predicted molar refractivity (Wildman–Crippen MR) is 98.2 cm³/mol. The van der Waals surface area contributed by atoms with E-state index < -0.39 is 17.7 Å². The van der Waals surface area contributed by atoms with Crippen molar-refractivity contribution in [2.45, 2.75) is 19.9 Å². The first-order valence-corrected chi connectivity index (χ1v) is 8.13. The number of carbonyl (C=O) groups is 2. The minimum Gasteiger partial charge on any atom is -0.493 e. The van der Waals surface area contributed by atoms with Gasteiger partial charge in [0, 0.05) is 5.56 Å². The number of rotatable bonds is 7. The summed E-state index contributed by atoms with van der Waals surface area (Å²) in [4.78, 5) is 24.6. The van der Waals surface area contributed by atoms with Crippen LogP contribution in [0.5, 0.6) is 17.2 Å². The summed E-state index contributed by atoms with van der Waals surface area (Å²) < 4.78 is 15.9. The van der Waals surface area contributed by atoms with Gasteiger partial charge in [0.15, 0.2) is 11.5 Å². The van der Waals surface area contributed by atoms with Crippen LogP contribution in [0.3, 0.4) is 0 Å². The maximum absolute atomic E-state index is 12.3. The molecule has 2 aromatic rings. The number of benzene rings is 2. The van der Waals surface area contributed by atoms with E-state index in [1.165, 1.54) is 21.3 Å². The van der Waals surface area contributed by atoms with Gasteiger partial charge in [-0.15, -0.1) is 0 Å². The lowest BCUT2D eigenvalue weighted by molar-refractivity contribution is -0.117. The zero-order valence-electron chi connectivity index (χ0n) is 15.6. The van der Waals surface area contributed by atoms with Gasteiger partial charge >= 0.3 is 0 Å². The molecule has 0 saturated carbocycles. The van der Waals surface area contributed by atoms with Crippen molar-refractivity contribution in [1.82, 2.24) is 5.32 Å². The van der Waals surface area contributed by atoms with Crippen LogP contribution >= 0.6 is 0 Å². The van der Waals surface area contributed by atoms with E-state index in [1.807, 2.05) is 6.92 Å². The van der Waals surface area contributed by atoms with Crippen LogP contribution in [0.1, 0.15) is 34.5 Å². The monoisotopic (exact) mass is 357 g/mol. The fourth-order valence-electron chi connectivity index (χ4n) is 2.53. The quantitative estimate of drug-likeness (QED) is 0.609. The molecule has 0 radical (unpaired) electrons. The summed E-state index contributed by atoms with van der Waals surface area (Å²) in [6.07, 6.45) is 0. The van der Waals surface area contributed by atoms with Crippen molar-refractivity contribution in [1.29, 1.82) is 0 Å². The SMILES string of the molecule is COc1cc([C@H](C)NC(=O)C(=O)c2ccc(C)cc2)cc(OC)c1OC. The minimum atomic E-state index is -0.671. The highest BCUT2D eigenvalue weighted by atomic mass is 16.5. The van der Waals surface area contributed by atoms with E-state index in [4.69, 9.17) is 14.2 Å². The van der Waals surface area contributed by atoms with Crippen LogP contribution < -0.4 is 19.5 Å². The maximum Gasteiger partial charge on any atom is 0.292 e. The van der Waals surface area contributed by atoms with E-state index in [9.17, 15) is 9.59 Å². The number of hydrogen-bond donors (Lipinski definition) is 1. The Morgan fingerprint density at radius 3 is 1.92 bits per heavy atom. The number of ether oxygens (including phenoxy) is 3. The van der Waals surface area contributed by atoms with E-state index in [2.05, 4.69) is 5.32 Å². The molecular weight excluding hydrogens is 334 g/mol. The Balaban J connectivity index is 2.21. The topological polar surface area (TPSA) is 73.9 Å². The lowest BCUT2D eigenvalue weighted by Crippen LogP contribution is -2.33. The molecule has 0 aliphatic heterocycles. The number of Topliss-reactive ketones (excluding diaryl/α,β-unsaturated/α-hetero) is 1. The van der Waals surface area contributed by atoms with Gasteiger partial charge in [-0.1, -0.05) is 29.8 Å². The number of methoxy groups -OCH3 is 3. The molecule has 0 aliphatic rings. The van der Waals surface area contributed by atoms with Crippen molar-refractivity contribution in [2.75, 3.05) is 21.3 Å². The summed E-state index contributed by atoms with van der Waals surface area (Å²) in [6.45, 7) is 3.70. The van der Waals surface area contributed by atoms with E-state index >= 15 is 0 Å². The summed E-state index contributed by atoms with van der Waals surface area (Å²) in [7, 11) is 4.56. The molecule has 6 nitrogen and oxygen atoms in total. The van der Waals surface area contributed by atoms with Gasteiger partial charge in [0.25, 0.3) is 5.91 Å². The Labute approximate surface area is 153 Å². The Kier molecular flexibility index (Phi) is 6.22. The molecule has 0 unspecified atom stereocenters. The minimum absolute atomic E-state index is 0.352. The molecule has 0 saturated heterocycles. The average molecular weight is 357 g/mol. The highest BCUT2D eigenvalue weighted by Crippen LogP contribution is 2.39. The third-order valence-corrected chi connectivity index (χ3v) is 4.05. The smallest absolute Gasteiger partial charge is 0.292 e. The van der Waals surface area contributed by atoms with Crippen LogP contribution in [-0.2, 0) is 4.79 Å². The standard InChI is InChI=1S/C20H23NO5/c1-12-6-8-14(9-7-12)18(22)20(23)21-13(2)15-10-16(24-3)19(26-5)17(11-15)25-4/h6-11,13H,1-5H3,(H,21,23)/t13-/m0/s1. The van der Waals surface area contributed by atoms with Crippen molar-refractivity contribution in [2.24, 2.45) is 0 Å². The molecular formula is C20H23NO5. The van der Waals surface area contributed by atoms with E-state index in [0.717, 1.165) is 11.1 Å². The molecule has 0 heterocycles. The second-order valence-electron chi connectivity index (χ2n) is 5.85. The maximum atomic E-state index is 12.3. The third kappa shape index (κ3) is 4.14. The van der Waals surface area contributed by atoms with Gasteiger partial charge in [-0.25, -0.2) is 0 Å². The molecule has 2 rings (SSSR count). The Morgan fingerprint density at radius 1 is 0.923 bits per heavy atom. The molecule has 0 bridgehead atoms. The molecule has 0 aromatic heterocycles. The summed E-state index contributed by atoms with van der Waals surface area (Å²) >= 11 is 0. The summed E-state index contributed by atoms with van der Waals surface area (Å²) in [5.74, 6) is 0.174. The molecule has 0 fully saturated rings. The van der Waals surface area contributed by atoms with Gasteiger partial charge in [-0.05, 0) is 31.5 Å². The molecule has 138 valence electrons. The number of nitrogens with one attached hydrogen (secondary N) is 1. The molecule has 0 aliphatic carbocycles. The predicted octanol–water partition coefficient (Wildman–Crippen LogP) is 3.08. The average Bonchev–Trinajstić information content (AvgIpc) is 2.66. The van der Waals surface area contributed by atoms with Crippen molar-refractivity contribution in [3.05, 3.63) is 53.1 Å². The number of hydrogen-bond acceptors (Lipinski definition) is 5. The van der Waals surface area contributed by atoms with Crippen LogP contribution in [0.2, 0.25) is 0 Å². The van der Waals surface area contributed by atoms with Gasteiger partial charge in [-0.3, -0.25) is 9.59 Å². The molecule has 1 N–H and O–H groups in total. The van der Waals surface area contributed by atoms with Gasteiger partial charge in [0.2, 0.25) is 11.5 Å². The zero-order chi connectivity index (χ0) is 19.3. The number of carbonyl (C=O) groups excluding carboxylic acids is 2. The van der Waals surface area contributed by atoms with Crippen molar-refractivity contribution in [3.8, 4) is 17.2 Å². The number of aryl methyl sites for hydroxylation is 1. The van der Waals surface area contributed by atoms with Crippen LogP contribution in [0.4, 0.5) is 0 Å². The Hall–Kier alpha value is -3.02. The van der Waals surface area contributed by atoms with Gasteiger partial charge in [-0.2, -0.15) is 0 Å². The van der Waals surface area contributed by atoms with Crippen LogP contribution in [-0.4, -0.2) is 33.0 Å². The molecule has 1 atom stereocenters. The van der Waals surface area contributed by atoms with E-state index in [-0.39, 0.29) is 0 Å². The largest absolute Gasteiger partial charge is 0.493 e. The first-order valence-electron chi connectivity index (χ1n) is 8.13. The summed E-state index contributed by atoms with van der Waals surface area (Å²) in [5.41, 5.74) is 2.10. The molecule has 1 amide bonds. The third-order valence-electron chi connectivity index (χ3n) is 4.05. The van der Waals surface area contributed by atoms with Crippen molar-refractivity contribution in [3.63, 3.8) is 0 Å². The van der Waals surface area contributed by atoms with Gasteiger partial charge < -0.3 is 19.5 Å². The first kappa shape index (κ1) is 19.3. The first-order chi connectivity index (χ1) is 12.4. The lowest BCUT2D eigenvalue weighted by atomic mass is 10.0. The molecule has 6 heteroatoms. The fourth-order valence-corrected chi connectivity index (χ4v) is 2.53. The zero-order valence-corrected chi connectivity index (χ0v) is 15.6. The van der Waals surface area contributed by atoms with Crippen molar-refractivity contribution < 1.29 is 23.8 Å². The molecule has 0 spiro atoms. The van der Waals surface area contributed by atoms with Crippen LogP contribution in [0.15, 0.2) is 36.4 Å².